The van der Waals surface area contributed by atoms with Crippen molar-refractivity contribution in [2.24, 2.45) is 4.99 Å². The van der Waals surface area contributed by atoms with Crippen LogP contribution in [0.2, 0.25) is 0 Å². The van der Waals surface area contributed by atoms with Gasteiger partial charge < -0.3 is 4.90 Å². The highest BCUT2D eigenvalue weighted by Gasteiger charge is 2.51. The van der Waals surface area contributed by atoms with E-state index >= 15 is 0 Å². The van der Waals surface area contributed by atoms with E-state index in [9.17, 15) is 0 Å². The zero-order valence-electron chi connectivity index (χ0n) is 12.4. The normalized spacial score (nSPS) is 23.0. The van der Waals surface area contributed by atoms with Gasteiger partial charge in [-0.2, -0.15) is 0 Å². The summed E-state index contributed by atoms with van der Waals surface area (Å²) in [6.07, 6.45) is 1.11. The maximum absolute atomic E-state index is 4.90. The van der Waals surface area contributed by atoms with Gasteiger partial charge in [0, 0.05) is 12.6 Å². The van der Waals surface area contributed by atoms with Crippen LogP contribution < -0.4 is 0 Å². The van der Waals surface area contributed by atoms with Crippen molar-refractivity contribution in [3.63, 3.8) is 0 Å². The second-order valence-electron chi connectivity index (χ2n) is 6.09. The molecule has 2 aromatic carbocycles. The molecule has 4 rings (SSSR count). The molecule has 2 heteroatoms. The fourth-order valence-corrected chi connectivity index (χ4v) is 4.02. The zero-order chi connectivity index (χ0) is 14.3. The van der Waals surface area contributed by atoms with Gasteiger partial charge >= 0.3 is 0 Å². The van der Waals surface area contributed by atoms with E-state index in [1.807, 2.05) is 0 Å². The Labute approximate surface area is 126 Å². The molecule has 2 aliphatic rings. The summed E-state index contributed by atoms with van der Waals surface area (Å²) in [4.78, 5) is 7.40. The lowest BCUT2D eigenvalue weighted by Crippen LogP contribution is -2.37. The molecule has 2 aromatic rings. The molecule has 2 aliphatic heterocycles. The van der Waals surface area contributed by atoms with Crippen molar-refractivity contribution in [2.75, 3.05) is 13.1 Å². The van der Waals surface area contributed by atoms with Crippen LogP contribution in [0.1, 0.15) is 24.5 Å². The van der Waals surface area contributed by atoms with E-state index in [0.717, 1.165) is 19.5 Å². The molecule has 1 atom stereocenters. The first-order chi connectivity index (χ1) is 10.3. The predicted octanol–water partition coefficient (Wildman–Crippen LogP) is 3.48. The summed E-state index contributed by atoms with van der Waals surface area (Å²) in [6.45, 7) is 4.33. The van der Waals surface area contributed by atoms with Gasteiger partial charge in [-0.1, -0.05) is 60.7 Å². The second kappa shape index (κ2) is 4.73. The maximum Gasteiger partial charge on any atom is 0.115 e. The van der Waals surface area contributed by atoms with Gasteiger partial charge in [0.2, 0.25) is 0 Å². The first kappa shape index (κ1) is 12.6. The number of fused-ring (bicyclic) bond motifs is 1. The summed E-state index contributed by atoms with van der Waals surface area (Å²) in [6, 6.07) is 22.3. The lowest BCUT2D eigenvalue weighted by molar-refractivity contribution is 0.377. The smallest absolute Gasteiger partial charge is 0.115 e. The van der Waals surface area contributed by atoms with Crippen molar-refractivity contribution >= 4 is 5.84 Å². The molecule has 0 aromatic heterocycles. The number of rotatable bonds is 2. The van der Waals surface area contributed by atoms with Crippen molar-refractivity contribution < 1.29 is 0 Å². The van der Waals surface area contributed by atoms with E-state index in [0.29, 0.717) is 6.04 Å². The highest BCUT2D eigenvalue weighted by molar-refractivity contribution is 5.99. The van der Waals surface area contributed by atoms with Crippen LogP contribution in [-0.2, 0) is 5.41 Å². The van der Waals surface area contributed by atoms with Gasteiger partial charge in [-0.25, -0.2) is 0 Å². The van der Waals surface area contributed by atoms with E-state index in [1.54, 1.807) is 0 Å². The van der Waals surface area contributed by atoms with Crippen molar-refractivity contribution in [3.05, 3.63) is 71.8 Å². The molecular formula is C19H20N2. The Balaban J connectivity index is 1.96. The topological polar surface area (TPSA) is 15.6 Å². The van der Waals surface area contributed by atoms with Gasteiger partial charge in [-0.05, 0) is 24.5 Å². The molecule has 1 unspecified atom stereocenters. The third kappa shape index (κ3) is 1.75. The Morgan fingerprint density at radius 2 is 1.52 bits per heavy atom. The summed E-state index contributed by atoms with van der Waals surface area (Å²) >= 11 is 0. The highest BCUT2D eigenvalue weighted by atomic mass is 15.3. The molecule has 1 fully saturated rings. The van der Waals surface area contributed by atoms with Gasteiger partial charge in [0.1, 0.15) is 5.84 Å². The molecular weight excluding hydrogens is 256 g/mol. The summed E-state index contributed by atoms with van der Waals surface area (Å²) in [7, 11) is 0. The van der Waals surface area contributed by atoms with Gasteiger partial charge in [0.15, 0.2) is 0 Å². The Bertz CT molecular complexity index is 621. The van der Waals surface area contributed by atoms with Gasteiger partial charge in [0.25, 0.3) is 0 Å². The van der Waals surface area contributed by atoms with E-state index in [4.69, 9.17) is 4.99 Å². The molecule has 2 heterocycles. The van der Waals surface area contributed by atoms with Gasteiger partial charge in [0.05, 0.1) is 12.0 Å². The summed E-state index contributed by atoms with van der Waals surface area (Å²) in [5, 5.41) is 0. The van der Waals surface area contributed by atoms with Crippen LogP contribution in [-0.4, -0.2) is 29.9 Å². The molecule has 106 valence electrons. The number of hydrogen-bond donors (Lipinski definition) is 0. The molecule has 0 bridgehead atoms. The van der Waals surface area contributed by atoms with Crippen molar-refractivity contribution in [3.8, 4) is 0 Å². The Morgan fingerprint density at radius 1 is 0.952 bits per heavy atom. The largest absolute Gasteiger partial charge is 0.355 e. The zero-order valence-corrected chi connectivity index (χ0v) is 12.4. The average molecular weight is 276 g/mol. The molecule has 0 radical (unpaired) electrons. The summed E-state index contributed by atoms with van der Waals surface area (Å²) in [5.74, 6) is 1.27. The third-order valence-corrected chi connectivity index (χ3v) is 4.92. The molecule has 0 amide bonds. The first-order valence-electron chi connectivity index (χ1n) is 7.75. The Kier molecular flexibility index (Phi) is 2.85. The first-order valence-corrected chi connectivity index (χ1v) is 7.75. The maximum atomic E-state index is 4.90. The van der Waals surface area contributed by atoms with E-state index in [-0.39, 0.29) is 5.41 Å². The second-order valence-corrected chi connectivity index (χ2v) is 6.09. The van der Waals surface area contributed by atoms with E-state index < -0.39 is 0 Å². The van der Waals surface area contributed by atoms with Crippen LogP contribution in [0.4, 0.5) is 0 Å². The average Bonchev–Trinajstić information content (AvgIpc) is 3.13. The number of amidine groups is 1. The monoisotopic (exact) mass is 276 g/mol. The lowest BCUT2D eigenvalue weighted by atomic mass is 9.72. The Morgan fingerprint density at radius 3 is 2.10 bits per heavy atom. The standard InChI is InChI=1S/C19H20N2/c1-15-14-19(16-8-4-2-5-9-16,17-10-6-3-7-11-17)18-20-12-13-21(15)18/h2-11,15H,12-14H2,1H3. The number of benzene rings is 2. The minimum atomic E-state index is -0.0710. The Hall–Kier alpha value is -2.09. The minimum Gasteiger partial charge on any atom is -0.355 e. The van der Waals surface area contributed by atoms with Crippen LogP contribution in [0, 0.1) is 0 Å². The lowest BCUT2D eigenvalue weighted by Gasteiger charge is -2.30. The summed E-state index contributed by atoms with van der Waals surface area (Å²) in [5.41, 5.74) is 2.66. The van der Waals surface area contributed by atoms with Crippen molar-refractivity contribution in [1.82, 2.24) is 4.90 Å². The number of nitrogens with zero attached hydrogens (tertiary/aromatic N) is 2. The van der Waals surface area contributed by atoms with Crippen molar-refractivity contribution in [2.45, 2.75) is 24.8 Å². The molecule has 0 saturated carbocycles. The SMILES string of the molecule is CC1CC(c2ccccc2)(c2ccccc2)C2=NCCN21. The van der Waals surface area contributed by atoms with Crippen LogP contribution >= 0.6 is 0 Å². The number of hydrogen-bond acceptors (Lipinski definition) is 2. The molecule has 21 heavy (non-hydrogen) atoms. The minimum absolute atomic E-state index is 0.0710. The van der Waals surface area contributed by atoms with Crippen LogP contribution in [0.5, 0.6) is 0 Å². The molecule has 0 spiro atoms. The van der Waals surface area contributed by atoms with Crippen molar-refractivity contribution in [1.29, 1.82) is 0 Å². The van der Waals surface area contributed by atoms with Crippen LogP contribution in [0.25, 0.3) is 0 Å². The fraction of sp³-hybridized carbons (Fsp3) is 0.316. The molecule has 1 saturated heterocycles. The van der Waals surface area contributed by atoms with Gasteiger partial charge in [-0.3, -0.25) is 4.99 Å². The van der Waals surface area contributed by atoms with Gasteiger partial charge in [-0.15, -0.1) is 0 Å². The molecule has 0 aliphatic carbocycles. The molecule has 2 nitrogen and oxygen atoms in total. The molecule has 0 N–H and O–H groups in total. The van der Waals surface area contributed by atoms with Crippen LogP contribution in [0.15, 0.2) is 65.7 Å². The summed E-state index contributed by atoms with van der Waals surface area (Å²) < 4.78 is 0. The quantitative estimate of drug-likeness (QED) is 0.820. The van der Waals surface area contributed by atoms with Crippen LogP contribution in [0.3, 0.4) is 0 Å². The van der Waals surface area contributed by atoms with E-state index in [1.165, 1.54) is 17.0 Å². The third-order valence-electron chi connectivity index (χ3n) is 4.92. The fourth-order valence-electron chi connectivity index (χ4n) is 4.02. The van der Waals surface area contributed by atoms with E-state index in [2.05, 4.69) is 72.5 Å². The number of aliphatic imine (C=N–C) groups is 1. The predicted molar refractivity (Wildman–Crippen MR) is 86.8 cm³/mol. The highest BCUT2D eigenvalue weighted by Crippen LogP contribution is 2.46.